The van der Waals surface area contributed by atoms with E-state index in [1.807, 2.05) is 18.2 Å². The number of hydrazone groups is 1. The lowest BCUT2D eigenvalue weighted by Gasteiger charge is -2.11. The topological polar surface area (TPSA) is 101 Å². The maximum Gasteiger partial charge on any atom is 0.274 e. The summed E-state index contributed by atoms with van der Waals surface area (Å²) in [4.78, 5) is 14.0. The Kier molecular flexibility index (Phi) is 7.60. The quantitative estimate of drug-likeness (QED) is 0.384. The number of unbranched alkanes of at least 4 members (excludes halogenated alkanes) is 3. The number of nitrogens with one attached hydrogen (secondary N) is 2. The molecule has 0 saturated heterocycles. The van der Waals surface area contributed by atoms with Crippen molar-refractivity contribution in [1.82, 2.24) is 15.2 Å². The summed E-state index contributed by atoms with van der Waals surface area (Å²) >= 11 is 0. The molecule has 0 amide bonds. The summed E-state index contributed by atoms with van der Waals surface area (Å²) in [5.74, 6) is 1.53. The summed E-state index contributed by atoms with van der Waals surface area (Å²) in [6.07, 6.45) is 6.21. The van der Waals surface area contributed by atoms with E-state index < -0.39 is 0 Å². The number of aryl methyl sites for hydroxylation is 1. The van der Waals surface area contributed by atoms with Gasteiger partial charge in [0.15, 0.2) is 11.5 Å². The average molecular weight is 359 g/mol. The predicted octanol–water partition coefficient (Wildman–Crippen LogP) is 2.89. The zero-order valence-electron chi connectivity index (χ0n) is 15.4. The van der Waals surface area contributed by atoms with Crippen molar-refractivity contribution in [2.75, 3.05) is 19.1 Å². The van der Waals surface area contributed by atoms with Gasteiger partial charge >= 0.3 is 0 Å². The van der Waals surface area contributed by atoms with Crippen molar-refractivity contribution in [2.24, 2.45) is 5.10 Å². The molecule has 26 heavy (non-hydrogen) atoms. The van der Waals surface area contributed by atoms with Crippen LogP contribution in [0.3, 0.4) is 0 Å². The Labute approximate surface area is 152 Å². The molecule has 0 atom stereocenters. The lowest BCUT2D eigenvalue weighted by Crippen LogP contribution is -2.15. The van der Waals surface area contributed by atoms with E-state index in [1.54, 1.807) is 20.2 Å². The molecule has 8 heteroatoms. The third kappa shape index (κ3) is 5.87. The normalized spacial score (nSPS) is 10.9. The van der Waals surface area contributed by atoms with Crippen molar-refractivity contribution < 1.29 is 9.47 Å². The summed E-state index contributed by atoms with van der Waals surface area (Å²) in [5, 5.41) is 11.6. The Hall–Kier alpha value is -2.90. The molecular weight excluding hydrogens is 334 g/mol. The average Bonchev–Trinajstić information content (AvgIpc) is 2.65. The van der Waals surface area contributed by atoms with Gasteiger partial charge in [0.05, 0.1) is 19.9 Å². The molecule has 0 fully saturated rings. The highest BCUT2D eigenvalue weighted by atomic mass is 16.5. The summed E-state index contributed by atoms with van der Waals surface area (Å²) in [6, 6.07) is 5.56. The Morgan fingerprint density at radius 2 is 2.08 bits per heavy atom. The lowest BCUT2D eigenvalue weighted by atomic mass is 10.2. The van der Waals surface area contributed by atoms with Gasteiger partial charge < -0.3 is 9.47 Å². The van der Waals surface area contributed by atoms with Crippen molar-refractivity contribution in [3.05, 3.63) is 39.8 Å². The van der Waals surface area contributed by atoms with E-state index in [9.17, 15) is 4.79 Å². The Morgan fingerprint density at radius 3 is 2.81 bits per heavy atom. The van der Waals surface area contributed by atoms with E-state index >= 15 is 0 Å². The Bertz CT molecular complexity index is 789. The van der Waals surface area contributed by atoms with Crippen LogP contribution in [0, 0.1) is 6.92 Å². The van der Waals surface area contributed by atoms with Crippen LogP contribution in [0.4, 0.5) is 5.95 Å². The first-order valence-electron chi connectivity index (χ1n) is 8.67. The van der Waals surface area contributed by atoms with Gasteiger partial charge in [-0.3, -0.25) is 9.78 Å². The van der Waals surface area contributed by atoms with Gasteiger partial charge in [-0.2, -0.15) is 5.10 Å². The Morgan fingerprint density at radius 1 is 1.23 bits per heavy atom. The van der Waals surface area contributed by atoms with Crippen molar-refractivity contribution in [1.29, 1.82) is 0 Å². The molecule has 140 valence electrons. The summed E-state index contributed by atoms with van der Waals surface area (Å²) in [5.41, 5.74) is 3.45. The molecule has 8 nitrogen and oxygen atoms in total. The number of hydrogen-bond acceptors (Lipinski definition) is 7. The molecule has 0 aliphatic rings. The van der Waals surface area contributed by atoms with Crippen LogP contribution >= 0.6 is 0 Å². The first-order valence-corrected chi connectivity index (χ1v) is 8.67. The highest BCUT2D eigenvalue weighted by Gasteiger charge is 2.05. The van der Waals surface area contributed by atoms with E-state index in [1.165, 1.54) is 19.3 Å². The molecule has 0 saturated carbocycles. The number of H-pyrrole nitrogens is 1. The standard InChI is InChI=1S/C18H25N5O3/c1-4-5-6-7-10-26-15-9-8-14(11-16(15)25-3)12-19-22-18-20-17(24)13(2)21-23-18/h8-9,11-12H,4-7,10H2,1-3H3,(H2,20,22,23,24)/b19-12+. The number of methoxy groups -OCH3 is 1. The smallest absolute Gasteiger partial charge is 0.274 e. The maximum atomic E-state index is 11.5. The van der Waals surface area contributed by atoms with Gasteiger partial charge in [0.25, 0.3) is 5.56 Å². The monoisotopic (exact) mass is 359 g/mol. The number of hydrogen-bond donors (Lipinski definition) is 2. The second-order valence-electron chi connectivity index (χ2n) is 5.78. The molecule has 0 radical (unpaired) electrons. The van der Waals surface area contributed by atoms with E-state index in [2.05, 4.69) is 32.6 Å². The van der Waals surface area contributed by atoms with E-state index in [0.29, 0.717) is 23.8 Å². The molecule has 0 spiro atoms. The summed E-state index contributed by atoms with van der Waals surface area (Å²) < 4.78 is 11.2. The Balaban J connectivity index is 1.94. The highest BCUT2D eigenvalue weighted by Crippen LogP contribution is 2.27. The maximum absolute atomic E-state index is 11.5. The largest absolute Gasteiger partial charge is 0.493 e. The van der Waals surface area contributed by atoms with Crippen molar-refractivity contribution in [3.63, 3.8) is 0 Å². The first kappa shape index (κ1) is 19.4. The van der Waals surface area contributed by atoms with Gasteiger partial charge in [-0.1, -0.05) is 26.2 Å². The van der Waals surface area contributed by atoms with E-state index in [-0.39, 0.29) is 11.5 Å². The van der Waals surface area contributed by atoms with Crippen LogP contribution in [0.2, 0.25) is 0 Å². The zero-order valence-corrected chi connectivity index (χ0v) is 15.4. The fourth-order valence-corrected chi connectivity index (χ4v) is 2.21. The number of ether oxygens (including phenoxy) is 2. The van der Waals surface area contributed by atoms with Gasteiger partial charge in [0, 0.05) is 0 Å². The fourth-order valence-electron chi connectivity index (χ4n) is 2.21. The van der Waals surface area contributed by atoms with Crippen LogP contribution in [-0.2, 0) is 0 Å². The number of anilines is 1. The zero-order chi connectivity index (χ0) is 18.8. The number of nitrogens with zero attached hydrogens (tertiary/aromatic N) is 3. The number of benzene rings is 1. The molecule has 1 aromatic carbocycles. The number of aromatic amines is 1. The molecule has 0 unspecified atom stereocenters. The minimum absolute atomic E-state index is 0.177. The second kappa shape index (κ2) is 10.2. The van der Waals surface area contributed by atoms with Gasteiger partial charge in [-0.05, 0) is 37.1 Å². The molecule has 1 heterocycles. The minimum Gasteiger partial charge on any atom is -0.493 e. The predicted molar refractivity (Wildman–Crippen MR) is 101 cm³/mol. The first-order chi connectivity index (χ1) is 12.6. The second-order valence-corrected chi connectivity index (χ2v) is 5.78. The van der Waals surface area contributed by atoms with Crippen LogP contribution < -0.4 is 20.5 Å². The van der Waals surface area contributed by atoms with Gasteiger partial charge in [-0.25, -0.2) is 5.43 Å². The van der Waals surface area contributed by atoms with Crippen LogP contribution in [-0.4, -0.2) is 35.1 Å². The van der Waals surface area contributed by atoms with Crippen LogP contribution in [0.15, 0.2) is 28.1 Å². The van der Waals surface area contributed by atoms with E-state index in [4.69, 9.17) is 9.47 Å². The molecule has 0 aliphatic heterocycles. The van der Waals surface area contributed by atoms with Gasteiger partial charge in [0.1, 0.15) is 5.69 Å². The SMILES string of the molecule is CCCCCCOc1ccc(/C=N/Nc2nnc(C)c(=O)[nH]2)cc1OC. The summed E-state index contributed by atoms with van der Waals surface area (Å²) in [7, 11) is 1.60. The van der Waals surface area contributed by atoms with Crippen LogP contribution in [0.5, 0.6) is 11.5 Å². The van der Waals surface area contributed by atoms with E-state index in [0.717, 1.165) is 12.0 Å². The molecular formula is C18H25N5O3. The molecule has 0 aliphatic carbocycles. The van der Waals surface area contributed by atoms with Crippen LogP contribution in [0.25, 0.3) is 0 Å². The van der Waals surface area contributed by atoms with Crippen molar-refractivity contribution >= 4 is 12.2 Å². The van der Waals surface area contributed by atoms with Crippen molar-refractivity contribution in [3.8, 4) is 11.5 Å². The van der Waals surface area contributed by atoms with Crippen LogP contribution in [0.1, 0.15) is 43.9 Å². The lowest BCUT2D eigenvalue weighted by molar-refractivity contribution is 0.285. The molecule has 2 aromatic rings. The molecule has 2 N–H and O–H groups in total. The third-order valence-corrected chi connectivity index (χ3v) is 3.69. The minimum atomic E-state index is -0.306. The molecule has 1 aromatic heterocycles. The fraction of sp³-hybridized carbons (Fsp3) is 0.444. The highest BCUT2D eigenvalue weighted by molar-refractivity contribution is 5.81. The number of rotatable bonds is 10. The number of aromatic nitrogens is 3. The van der Waals surface area contributed by atoms with Gasteiger partial charge in [0.2, 0.25) is 5.95 Å². The third-order valence-electron chi connectivity index (χ3n) is 3.69. The molecule has 2 rings (SSSR count). The molecule has 0 bridgehead atoms. The summed E-state index contributed by atoms with van der Waals surface area (Å²) in [6.45, 7) is 4.44. The van der Waals surface area contributed by atoms with Gasteiger partial charge in [-0.15, -0.1) is 10.2 Å². The van der Waals surface area contributed by atoms with Crippen molar-refractivity contribution in [2.45, 2.75) is 39.5 Å².